The van der Waals surface area contributed by atoms with Crippen molar-refractivity contribution in [3.63, 3.8) is 0 Å². The third-order valence-corrected chi connectivity index (χ3v) is 5.08. The maximum Gasteiger partial charge on any atom is 0.317 e. The maximum absolute atomic E-state index is 12.9. The third kappa shape index (κ3) is 4.13. The zero-order chi connectivity index (χ0) is 19.4. The minimum Gasteiger partial charge on any atom is -0.339 e. The van der Waals surface area contributed by atoms with Gasteiger partial charge in [0.05, 0.1) is 12.5 Å². The average Bonchev–Trinajstić information content (AvgIpc) is 2.68. The van der Waals surface area contributed by atoms with Gasteiger partial charge in [-0.15, -0.1) is 0 Å². The molecule has 2 heterocycles. The molecule has 0 radical (unpaired) electrons. The highest BCUT2D eigenvalue weighted by molar-refractivity contribution is 5.82. The van der Waals surface area contributed by atoms with E-state index >= 15 is 0 Å². The molecule has 2 aliphatic rings. The molecule has 144 valence electrons. The highest BCUT2D eigenvalue weighted by Crippen LogP contribution is 2.33. The Bertz CT molecular complexity index is 753. The fourth-order valence-electron chi connectivity index (χ4n) is 3.63. The van der Waals surface area contributed by atoms with E-state index in [-0.39, 0.29) is 30.3 Å². The van der Waals surface area contributed by atoms with Gasteiger partial charge in [-0.05, 0) is 24.1 Å². The molecule has 4 amide bonds. The van der Waals surface area contributed by atoms with Gasteiger partial charge >= 0.3 is 6.03 Å². The number of rotatable bonds is 3. The van der Waals surface area contributed by atoms with Gasteiger partial charge in [-0.3, -0.25) is 9.59 Å². The van der Waals surface area contributed by atoms with Gasteiger partial charge in [0.1, 0.15) is 0 Å². The molecular weight excluding hydrogens is 344 g/mol. The van der Waals surface area contributed by atoms with E-state index in [4.69, 9.17) is 0 Å². The lowest BCUT2D eigenvalue weighted by atomic mass is 9.93. The van der Waals surface area contributed by atoms with Crippen LogP contribution in [-0.4, -0.2) is 65.3 Å². The number of piperazine rings is 1. The van der Waals surface area contributed by atoms with Crippen LogP contribution in [0.3, 0.4) is 0 Å². The molecule has 1 unspecified atom stereocenters. The van der Waals surface area contributed by atoms with Crippen molar-refractivity contribution in [1.82, 2.24) is 20.0 Å². The largest absolute Gasteiger partial charge is 0.339 e. The van der Waals surface area contributed by atoms with Gasteiger partial charge in [0, 0.05) is 45.8 Å². The maximum atomic E-state index is 12.9. The minimum absolute atomic E-state index is 0.00639. The highest BCUT2D eigenvalue weighted by Gasteiger charge is 2.31. The molecule has 1 aromatic carbocycles. The van der Waals surface area contributed by atoms with E-state index in [2.05, 4.69) is 5.32 Å². The molecule has 1 saturated heterocycles. The first-order valence-electron chi connectivity index (χ1n) is 9.37. The summed E-state index contributed by atoms with van der Waals surface area (Å²) in [6.07, 6.45) is 3.90. The molecule has 1 N–H and O–H groups in total. The van der Waals surface area contributed by atoms with Crippen molar-refractivity contribution in [3.8, 4) is 0 Å². The lowest BCUT2D eigenvalue weighted by Crippen LogP contribution is -2.53. The van der Waals surface area contributed by atoms with E-state index < -0.39 is 0 Å². The van der Waals surface area contributed by atoms with Crippen LogP contribution in [0.2, 0.25) is 0 Å². The van der Waals surface area contributed by atoms with Gasteiger partial charge < -0.3 is 20.0 Å². The van der Waals surface area contributed by atoms with E-state index in [1.54, 1.807) is 20.9 Å². The SMILES string of the molecule is CCNC(=O)N1CCN(C(=O)CC2c3ccccc3C=CN2C(C)=O)CC1. The molecule has 27 heavy (non-hydrogen) atoms. The summed E-state index contributed by atoms with van der Waals surface area (Å²) in [4.78, 5) is 42.0. The Labute approximate surface area is 159 Å². The van der Waals surface area contributed by atoms with Gasteiger partial charge in [0.25, 0.3) is 0 Å². The molecule has 3 rings (SSSR count). The second-order valence-corrected chi connectivity index (χ2v) is 6.79. The Hall–Kier alpha value is -2.83. The van der Waals surface area contributed by atoms with E-state index in [1.165, 1.54) is 6.92 Å². The summed E-state index contributed by atoms with van der Waals surface area (Å²) in [5.41, 5.74) is 2.03. The summed E-state index contributed by atoms with van der Waals surface area (Å²) < 4.78 is 0. The van der Waals surface area contributed by atoms with Crippen molar-refractivity contribution in [2.24, 2.45) is 0 Å². The first-order chi connectivity index (χ1) is 13.0. The average molecular weight is 370 g/mol. The van der Waals surface area contributed by atoms with Crippen LogP contribution >= 0.6 is 0 Å². The van der Waals surface area contributed by atoms with Gasteiger partial charge in [-0.25, -0.2) is 4.79 Å². The summed E-state index contributed by atoms with van der Waals surface area (Å²) in [7, 11) is 0. The van der Waals surface area contributed by atoms with Crippen LogP contribution in [0.4, 0.5) is 4.79 Å². The first kappa shape index (κ1) is 18.9. The van der Waals surface area contributed by atoms with Gasteiger partial charge in [0.15, 0.2) is 0 Å². The van der Waals surface area contributed by atoms with Crippen molar-refractivity contribution < 1.29 is 14.4 Å². The number of carbonyl (C=O) groups is 3. The van der Waals surface area contributed by atoms with Crippen LogP contribution in [0.15, 0.2) is 30.5 Å². The Balaban J connectivity index is 1.67. The number of fused-ring (bicyclic) bond motifs is 1. The predicted octanol–water partition coefficient (Wildman–Crippen LogP) is 1.82. The molecule has 1 atom stereocenters. The number of benzene rings is 1. The molecule has 1 aromatic rings. The van der Waals surface area contributed by atoms with Gasteiger partial charge in [-0.2, -0.15) is 0 Å². The van der Waals surface area contributed by atoms with Crippen LogP contribution in [-0.2, 0) is 9.59 Å². The summed E-state index contributed by atoms with van der Waals surface area (Å²) in [6, 6.07) is 7.47. The number of hydrogen-bond acceptors (Lipinski definition) is 3. The molecule has 0 saturated carbocycles. The Kier molecular flexibility index (Phi) is 5.78. The zero-order valence-electron chi connectivity index (χ0n) is 15.9. The van der Waals surface area contributed by atoms with Crippen molar-refractivity contribution >= 4 is 23.9 Å². The van der Waals surface area contributed by atoms with E-state index in [9.17, 15) is 14.4 Å². The van der Waals surface area contributed by atoms with E-state index in [1.807, 2.05) is 37.3 Å². The fourth-order valence-corrected chi connectivity index (χ4v) is 3.63. The zero-order valence-corrected chi connectivity index (χ0v) is 15.9. The van der Waals surface area contributed by atoms with Gasteiger partial charge in [-0.1, -0.05) is 24.3 Å². The first-order valence-corrected chi connectivity index (χ1v) is 9.37. The summed E-state index contributed by atoms with van der Waals surface area (Å²) in [5.74, 6) is -0.0773. The highest BCUT2D eigenvalue weighted by atomic mass is 16.2. The van der Waals surface area contributed by atoms with Crippen LogP contribution < -0.4 is 5.32 Å². The van der Waals surface area contributed by atoms with Gasteiger partial charge in [0.2, 0.25) is 11.8 Å². The Morgan fingerprint density at radius 1 is 1.07 bits per heavy atom. The molecule has 0 bridgehead atoms. The Morgan fingerprint density at radius 2 is 1.74 bits per heavy atom. The number of amides is 4. The summed E-state index contributed by atoms with van der Waals surface area (Å²) in [5, 5.41) is 2.79. The second kappa shape index (κ2) is 8.24. The summed E-state index contributed by atoms with van der Waals surface area (Å²) in [6.45, 7) is 6.06. The monoisotopic (exact) mass is 370 g/mol. The van der Waals surface area contributed by atoms with E-state index in [0.29, 0.717) is 32.7 Å². The molecule has 1 fully saturated rings. The lowest BCUT2D eigenvalue weighted by Gasteiger charge is -2.37. The number of carbonyl (C=O) groups excluding carboxylic acids is 3. The lowest BCUT2D eigenvalue weighted by molar-refractivity contribution is -0.135. The third-order valence-electron chi connectivity index (χ3n) is 5.08. The molecule has 0 aromatic heterocycles. The normalized spacial score (nSPS) is 18.9. The molecular formula is C20H26N4O3. The Morgan fingerprint density at radius 3 is 2.41 bits per heavy atom. The van der Waals surface area contributed by atoms with Crippen LogP contribution in [0.25, 0.3) is 6.08 Å². The van der Waals surface area contributed by atoms with Crippen molar-refractivity contribution in [1.29, 1.82) is 0 Å². The minimum atomic E-state index is -0.294. The van der Waals surface area contributed by atoms with Crippen LogP contribution in [0.5, 0.6) is 0 Å². The van der Waals surface area contributed by atoms with Crippen molar-refractivity contribution in [3.05, 3.63) is 41.6 Å². The molecule has 7 nitrogen and oxygen atoms in total. The van der Waals surface area contributed by atoms with Crippen molar-refractivity contribution in [2.75, 3.05) is 32.7 Å². The number of hydrogen-bond donors (Lipinski definition) is 1. The smallest absolute Gasteiger partial charge is 0.317 e. The molecule has 0 spiro atoms. The number of nitrogens with one attached hydrogen (secondary N) is 1. The predicted molar refractivity (Wildman–Crippen MR) is 103 cm³/mol. The molecule has 7 heteroatoms. The van der Waals surface area contributed by atoms with Crippen LogP contribution in [0, 0.1) is 0 Å². The standard InChI is InChI=1S/C20H26N4O3/c1-3-21-20(27)23-12-10-22(11-13-23)19(26)14-18-17-7-5-4-6-16(17)8-9-24(18)15(2)25/h4-9,18H,3,10-14H2,1-2H3,(H,21,27). The number of nitrogens with zero attached hydrogens (tertiary/aromatic N) is 3. The second-order valence-electron chi connectivity index (χ2n) is 6.79. The number of urea groups is 1. The van der Waals surface area contributed by atoms with E-state index in [0.717, 1.165) is 11.1 Å². The quantitative estimate of drug-likeness (QED) is 0.882. The fraction of sp³-hybridized carbons (Fsp3) is 0.450. The molecule has 2 aliphatic heterocycles. The summed E-state index contributed by atoms with van der Waals surface area (Å²) >= 11 is 0. The van der Waals surface area contributed by atoms with Crippen LogP contribution in [0.1, 0.15) is 37.4 Å². The molecule has 0 aliphatic carbocycles. The topological polar surface area (TPSA) is 73.0 Å². The van der Waals surface area contributed by atoms with Crippen molar-refractivity contribution in [2.45, 2.75) is 26.3 Å².